The summed E-state index contributed by atoms with van der Waals surface area (Å²) in [5.41, 5.74) is 1.98. The molecule has 2 aromatic heterocycles. The van der Waals surface area contributed by atoms with Gasteiger partial charge in [0.15, 0.2) is 11.6 Å². The molecule has 0 atom stereocenters. The number of ether oxygens (including phenoxy) is 1. The summed E-state index contributed by atoms with van der Waals surface area (Å²) in [4.78, 5) is 20.9. The Kier molecular flexibility index (Phi) is 7.28. The highest BCUT2D eigenvalue weighted by Gasteiger charge is 2.12. The van der Waals surface area contributed by atoms with E-state index < -0.39 is 5.82 Å². The van der Waals surface area contributed by atoms with E-state index in [1.807, 2.05) is 13.0 Å². The van der Waals surface area contributed by atoms with Crippen LogP contribution in [0.3, 0.4) is 0 Å². The minimum Gasteiger partial charge on any atom is -0.491 e. The largest absolute Gasteiger partial charge is 0.491 e. The van der Waals surface area contributed by atoms with Crippen LogP contribution in [-0.2, 0) is 6.54 Å². The highest BCUT2D eigenvalue weighted by Crippen LogP contribution is 2.21. The number of benzene rings is 1. The monoisotopic (exact) mass is 393 g/mol. The van der Waals surface area contributed by atoms with Gasteiger partial charge in [-0.25, -0.2) is 9.37 Å². The van der Waals surface area contributed by atoms with Gasteiger partial charge in [-0.15, -0.1) is 0 Å². The maximum atomic E-state index is 14.7. The number of nitrogens with zero attached hydrogens (tertiary/aromatic N) is 2. The van der Waals surface area contributed by atoms with E-state index in [-0.39, 0.29) is 23.9 Å². The minimum atomic E-state index is -0.447. The molecule has 0 unspecified atom stereocenters. The van der Waals surface area contributed by atoms with Crippen molar-refractivity contribution in [3.05, 3.63) is 77.9 Å². The molecule has 0 spiro atoms. The SMILES string of the molecule is CC=CCCCCOc1cccc(CNC(=O)c2ccc3ncccc3n2)c1F. The predicted molar refractivity (Wildman–Crippen MR) is 111 cm³/mol. The fourth-order valence-corrected chi connectivity index (χ4v) is 2.87. The van der Waals surface area contributed by atoms with E-state index in [1.54, 1.807) is 48.7 Å². The Morgan fingerprint density at radius 3 is 2.90 bits per heavy atom. The number of hydrogen-bond donors (Lipinski definition) is 1. The fraction of sp³-hybridized carbons (Fsp3) is 0.261. The lowest BCUT2D eigenvalue weighted by Crippen LogP contribution is -2.24. The van der Waals surface area contributed by atoms with Gasteiger partial charge in [0.05, 0.1) is 17.6 Å². The van der Waals surface area contributed by atoms with Crippen molar-refractivity contribution >= 4 is 16.9 Å². The van der Waals surface area contributed by atoms with Crippen molar-refractivity contribution in [2.45, 2.75) is 32.7 Å². The van der Waals surface area contributed by atoms with Gasteiger partial charge in [-0.1, -0.05) is 24.3 Å². The number of carbonyl (C=O) groups excluding carboxylic acids is 1. The van der Waals surface area contributed by atoms with Gasteiger partial charge in [-0.3, -0.25) is 9.78 Å². The molecule has 0 saturated carbocycles. The van der Waals surface area contributed by atoms with Crippen LogP contribution >= 0.6 is 0 Å². The number of allylic oxidation sites excluding steroid dienone is 2. The molecule has 0 aliphatic carbocycles. The molecule has 0 bridgehead atoms. The molecular weight excluding hydrogens is 369 g/mol. The molecule has 29 heavy (non-hydrogen) atoms. The molecule has 150 valence electrons. The number of carbonyl (C=O) groups is 1. The number of halogens is 1. The Hall–Kier alpha value is -3.28. The Bertz CT molecular complexity index is 1000. The summed E-state index contributed by atoms with van der Waals surface area (Å²) in [6.07, 6.45) is 8.63. The molecule has 2 heterocycles. The van der Waals surface area contributed by atoms with Crippen molar-refractivity contribution in [1.82, 2.24) is 15.3 Å². The van der Waals surface area contributed by atoms with Crippen LogP contribution in [0, 0.1) is 5.82 Å². The van der Waals surface area contributed by atoms with Crippen LogP contribution in [0.2, 0.25) is 0 Å². The molecule has 1 N–H and O–H groups in total. The van der Waals surface area contributed by atoms with Crippen molar-refractivity contribution in [3.63, 3.8) is 0 Å². The average Bonchev–Trinajstić information content (AvgIpc) is 2.75. The second-order valence-corrected chi connectivity index (χ2v) is 6.56. The van der Waals surface area contributed by atoms with Crippen LogP contribution in [0.4, 0.5) is 4.39 Å². The molecule has 0 fully saturated rings. The first-order valence-electron chi connectivity index (χ1n) is 9.70. The summed E-state index contributed by atoms with van der Waals surface area (Å²) in [5, 5.41) is 2.71. The fourth-order valence-electron chi connectivity index (χ4n) is 2.87. The van der Waals surface area contributed by atoms with E-state index in [0.29, 0.717) is 23.2 Å². The van der Waals surface area contributed by atoms with Crippen LogP contribution in [0.1, 0.15) is 42.2 Å². The van der Waals surface area contributed by atoms with Gasteiger partial charge < -0.3 is 10.1 Å². The Labute approximate surface area is 169 Å². The molecule has 0 saturated heterocycles. The maximum Gasteiger partial charge on any atom is 0.270 e. The topological polar surface area (TPSA) is 64.1 Å². The lowest BCUT2D eigenvalue weighted by molar-refractivity contribution is 0.0946. The Morgan fingerprint density at radius 2 is 2.03 bits per heavy atom. The van der Waals surface area contributed by atoms with E-state index in [9.17, 15) is 9.18 Å². The lowest BCUT2D eigenvalue weighted by Gasteiger charge is -2.11. The van der Waals surface area contributed by atoms with E-state index in [0.717, 1.165) is 19.3 Å². The molecule has 5 nitrogen and oxygen atoms in total. The standard InChI is InChI=1S/C23H24FN3O2/c1-2-3-4-5-6-15-29-21-11-7-9-17(22(21)24)16-26-23(28)20-13-12-18-19(27-20)10-8-14-25-18/h2-3,7-14H,4-6,15-16H2,1H3,(H,26,28). The number of pyridine rings is 2. The number of amides is 1. The zero-order valence-electron chi connectivity index (χ0n) is 16.4. The molecule has 6 heteroatoms. The van der Waals surface area contributed by atoms with Gasteiger partial charge in [0.2, 0.25) is 0 Å². The second-order valence-electron chi connectivity index (χ2n) is 6.56. The Morgan fingerprint density at radius 1 is 1.14 bits per heavy atom. The Balaban J connectivity index is 1.57. The first kappa shape index (κ1) is 20.5. The zero-order chi connectivity index (χ0) is 20.5. The van der Waals surface area contributed by atoms with Crippen molar-refractivity contribution < 1.29 is 13.9 Å². The third-order valence-corrected chi connectivity index (χ3v) is 4.43. The van der Waals surface area contributed by atoms with E-state index in [1.165, 1.54) is 0 Å². The normalized spacial score (nSPS) is 11.1. The quantitative estimate of drug-likeness (QED) is 0.418. The first-order chi connectivity index (χ1) is 14.2. The highest BCUT2D eigenvalue weighted by molar-refractivity contribution is 5.94. The van der Waals surface area contributed by atoms with Crippen molar-refractivity contribution in [3.8, 4) is 5.75 Å². The van der Waals surface area contributed by atoms with Gasteiger partial charge in [-0.2, -0.15) is 0 Å². The number of hydrogen-bond acceptors (Lipinski definition) is 4. The van der Waals surface area contributed by atoms with Gasteiger partial charge in [0, 0.05) is 18.3 Å². The molecule has 0 aliphatic heterocycles. The number of rotatable bonds is 9. The molecule has 3 rings (SSSR count). The summed E-state index contributed by atoms with van der Waals surface area (Å²) in [5.74, 6) is -0.611. The first-order valence-corrected chi connectivity index (χ1v) is 9.70. The smallest absolute Gasteiger partial charge is 0.270 e. The molecule has 0 aliphatic rings. The molecule has 0 radical (unpaired) electrons. The van der Waals surface area contributed by atoms with Crippen molar-refractivity contribution in [2.75, 3.05) is 6.61 Å². The van der Waals surface area contributed by atoms with Crippen molar-refractivity contribution in [2.24, 2.45) is 0 Å². The van der Waals surface area contributed by atoms with Gasteiger partial charge in [-0.05, 0) is 56.5 Å². The van der Waals surface area contributed by atoms with Crippen LogP contribution in [0.15, 0.2) is 60.8 Å². The molecule has 1 amide bonds. The van der Waals surface area contributed by atoms with Crippen molar-refractivity contribution in [1.29, 1.82) is 0 Å². The number of unbranched alkanes of at least 4 members (excludes halogenated alkanes) is 2. The minimum absolute atomic E-state index is 0.0515. The summed E-state index contributed by atoms with van der Waals surface area (Å²) >= 11 is 0. The molecule has 1 aromatic carbocycles. The van der Waals surface area contributed by atoms with Gasteiger partial charge in [0.25, 0.3) is 5.91 Å². The zero-order valence-corrected chi connectivity index (χ0v) is 16.4. The number of fused-ring (bicyclic) bond motifs is 1. The highest BCUT2D eigenvalue weighted by atomic mass is 19.1. The second kappa shape index (κ2) is 10.3. The van der Waals surface area contributed by atoms with Crippen LogP contribution < -0.4 is 10.1 Å². The van der Waals surface area contributed by atoms with E-state index >= 15 is 0 Å². The van der Waals surface area contributed by atoms with E-state index in [2.05, 4.69) is 21.4 Å². The number of aromatic nitrogens is 2. The summed E-state index contributed by atoms with van der Waals surface area (Å²) in [7, 11) is 0. The van der Waals surface area contributed by atoms with Gasteiger partial charge in [0.1, 0.15) is 5.69 Å². The summed E-state index contributed by atoms with van der Waals surface area (Å²) in [6.45, 7) is 2.50. The average molecular weight is 393 g/mol. The third-order valence-electron chi connectivity index (χ3n) is 4.43. The summed E-state index contributed by atoms with van der Waals surface area (Å²) < 4.78 is 20.2. The van der Waals surface area contributed by atoms with Crippen LogP contribution in [0.25, 0.3) is 11.0 Å². The van der Waals surface area contributed by atoms with Crippen LogP contribution in [0.5, 0.6) is 5.75 Å². The molecular formula is C23H24FN3O2. The van der Waals surface area contributed by atoms with Gasteiger partial charge >= 0.3 is 0 Å². The maximum absolute atomic E-state index is 14.7. The van der Waals surface area contributed by atoms with Crippen LogP contribution in [-0.4, -0.2) is 22.5 Å². The lowest BCUT2D eigenvalue weighted by atomic mass is 10.2. The van der Waals surface area contributed by atoms with E-state index in [4.69, 9.17) is 4.74 Å². The number of nitrogens with one attached hydrogen (secondary N) is 1. The summed E-state index contributed by atoms with van der Waals surface area (Å²) in [6, 6.07) is 11.9. The third kappa shape index (κ3) is 5.60. The predicted octanol–water partition coefficient (Wildman–Crippen LogP) is 4.82. The molecule has 3 aromatic rings.